The molecule has 0 radical (unpaired) electrons. The number of alkyl halides is 3. The van der Waals surface area contributed by atoms with Crippen molar-refractivity contribution in [1.29, 1.82) is 0 Å². The highest BCUT2D eigenvalue weighted by Gasteiger charge is 2.41. The molecule has 30 heavy (non-hydrogen) atoms. The number of hydrogen-bond acceptors (Lipinski definition) is 5. The van der Waals surface area contributed by atoms with E-state index in [1.165, 1.54) is 18.2 Å². The highest BCUT2D eigenvalue weighted by molar-refractivity contribution is 7.89. The SMILES string of the molecule is Cc1ccccc1-c1c(-c2ccc(S(N)(=O)=O)cc2)nn(CC(=O)[O-])c1C(F)(F)F. The maximum atomic E-state index is 14.0. The van der Waals surface area contributed by atoms with E-state index in [0.717, 1.165) is 12.1 Å². The summed E-state index contributed by atoms with van der Waals surface area (Å²) in [6.07, 6.45) is -4.92. The topological polar surface area (TPSA) is 118 Å². The van der Waals surface area contributed by atoms with E-state index in [1.807, 2.05) is 0 Å². The molecule has 1 heterocycles. The summed E-state index contributed by atoms with van der Waals surface area (Å²) in [5.74, 6) is -1.74. The van der Waals surface area contributed by atoms with E-state index in [1.54, 1.807) is 25.1 Å². The lowest BCUT2D eigenvalue weighted by Gasteiger charge is -2.14. The Kier molecular flexibility index (Phi) is 5.44. The number of benzene rings is 2. The second-order valence-electron chi connectivity index (χ2n) is 6.48. The molecule has 0 fully saturated rings. The Labute approximate surface area is 169 Å². The number of aromatic nitrogens is 2. The van der Waals surface area contributed by atoms with Crippen LogP contribution in [-0.4, -0.2) is 24.2 Å². The molecule has 0 atom stereocenters. The van der Waals surface area contributed by atoms with Gasteiger partial charge in [0.1, 0.15) is 5.69 Å². The van der Waals surface area contributed by atoms with Gasteiger partial charge in [-0.1, -0.05) is 36.4 Å². The third-order valence-corrected chi connectivity index (χ3v) is 5.30. The average Bonchev–Trinajstić information content (AvgIpc) is 3.00. The van der Waals surface area contributed by atoms with Crippen LogP contribution in [0.2, 0.25) is 0 Å². The van der Waals surface area contributed by atoms with Gasteiger partial charge in [0, 0.05) is 11.1 Å². The van der Waals surface area contributed by atoms with E-state index in [-0.39, 0.29) is 27.3 Å². The molecule has 0 aliphatic heterocycles. The Morgan fingerprint density at radius 2 is 1.73 bits per heavy atom. The van der Waals surface area contributed by atoms with Crippen LogP contribution in [0.15, 0.2) is 53.4 Å². The summed E-state index contributed by atoms with van der Waals surface area (Å²) < 4.78 is 65.1. The number of aliphatic carboxylic acids is 1. The Bertz CT molecular complexity index is 1220. The molecule has 0 spiro atoms. The van der Waals surface area contributed by atoms with Crippen LogP contribution in [-0.2, 0) is 27.5 Å². The molecule has 0 aliphatic carbocycles. The first-order valence-corrected chi connectivity index (χ1v) is 10.0. The predicted molar refractivity (Wildman–Crippen MR) is 99.2 cm³/mol. The average molecular weight is 438 g/mol. The van der Waals surface area contributed by atoms with Gasteiger partial charge in [-0.2, -0.15) is 18.3 Å². The van der Waals surface area contributed by atoms with E-state index >= 15 is 0 Å². The van der Waals surface area contributed by atoms with Gasteiger partial charge in [0.25, 0.3) is 0 Å². The van der Waals surface area contributed by atoms with E-state index in [0.29, 0.717) is 10.2 Å². The zero-order valence-electron chi connectivity index (χ0n) is 15.5. The molecule has 0 bridgehead atoms. The number of carbonyl (C=O) groups is 1. The Hall–Kier alpha value is -3.18. The van der Waals surface area contributed by atoms with E-state index in [4.69, 9.17) is 5.14 Å². The quantitative estimate of drug-likeness (QED) is 0.653. The Balaban J connectivity index is 2.36. The molecular formula is C19H15F3N3O4S-. The molecule has 3 aromatic rings. The lowest BCUT2D eigenvalue weighted by molar-refractivity contribution is -0.306. The van der Waals surface area contributed by atoms with Crippen LogP contribution < -0.4 is 10.2 Å². The molecule has 0 unspecified atom stereocenters. The number of carboxylic acids is 1. The standard InChI is InChI=1S/C19H16F3N3O4S/c1-11-4-2-3-5-14(11)16-17(12-6-8-13(9-7-12)30(23,28)29)24-25(10-15(26)27)18(16)19(20,21)22/h2-9H,10H2,1H3,(H,26,27)(H2,23,28,29)/p-1. The van der Waals surface area contributed by atoms with Gasteiger partial charge in [-0.3, -0.25) is 4.68 Å². The van der Waals surface area contributed by atoms with Crippen LogP contribution in [0.1, 0.15) is 11.3 Å². The van der Waals surface area contributed by atoms with Gasteiger partial charge in [-0.05, 0) is 30.2 Å². The number of carboxylic acid groups (broad SMARTS) is 1. The molecule has 1 aromatic heterocycles. The first-order valence-electron chi connectivity index (χ1n) is 8.46. The maximum absolute atomic E-state index is 14.0. The molecule has 2 N–H and O–H groups in total. The van der Waals surface area contributed by atoms with Crippen molar-refractivity contribution in [3.05, 3.63) is 59.8 Å². The van der Waals surface area contributed by atoms with Crippen molar-refractivity contribution in [2.24, 2.45) is 5.14 Å². The zero-order chi connectivity index (χ0) is 22.3. The number of rotatable bonds is 5. The van der Waals surface area contributed by atoms with Crippen LogP contribution in [0.3, 0.4) is 0 Å². The minimum absolute atomic E-state index is 0.154. The normalized spacial score (nSPS) is 12.2. The lowest BCUT2D eigenvalue weighted by atomic mass is 9.95. The first-order chi connectivity index (χ1) is 13.9. The summed E-state index contributed by atoms with van der Waals surface area (Å²) in [4.78, 5) is 10.8. The van der Waals surface area contributed by atoms with Gasteiger partial charge >= 0.3 is 6.18 Å². The van der Waals surface area contributed by atoms with Crippen molar-refractivity contribution in [2.75, 3.05) is 0 Å². The van der Waals surface area contributed by atoms with Crippen LogP contribution in [0.4, 0.5) is 13.2 Å². The number of halogens is 3. The van der Waals surface area contributed by atoms with Gasteiger partial charge in [0.15, 0.2) is 5.69 Å². The van der Waals surface area contributed by atoms with Crippen molar-refractivity contribution in [3.8, 4) is 22.4 Å². The molecule has 0 saturated heterocycles. The smallest absolute Gasteiger partial charge is 0.433 e. The van der Waals surface area contributed by atoms with Gasteiger partial charge < -0.3 is 9.90 Å². The number of nitrogens with zero attached hydrogens (tertiary/aromatic N) is 2. The second-order valence-corrected chi connectivity index (χ2v) is 8.05. The van der Waals surface area contributed by atoms with Crippen molar-refractivity contribution in [2.45, 2.75) is 24.5 Å². The third-order valence-electron chi connectivity index (χ3n) is 4.37. The van der Waals surface area contributed by atoms with Gasteiger partial charge in [-0.25, -0.2) is 13.6 Å². The molecule has 0 amide bonds. The Morgan fingerprint density at radius 3 is 2.23 bits per heavy atom. The zero-order valence-corrected chi connectivity index (χ0v) is 16.3. The van der Waals surface area contributed by atoms with Crippen molar-refractivity contribution >= 4 is 16.0 Å². The van der Waals surface area contributed by atoms with E-state index in [9.17, 15) is 31.5 Å². The molecule has 158 valence electrons. The number of sulfonamides is 1. The van der Waals surface area contributed by atoms with Gasteiger partial charge in [0.2, 0.25) is 10.0 Å². The fourth-order valence-corrected chi connectivity index (χ4v) is 3.62. The van der Waals surface area contributed by atoms with Crippen LogP contribution >= 0.6 is 0 Å². The Morgan fingerprint density at radius 1 is 1.13 bits per heavy atom. The predicted octanol–water partition coefficient (Wildman–Crippen LogP) is 1.94. The summed E-state index contributed by atoms with van der Waals surface area (Å²) >= 11 is 0. The summed E-state index contributed by atoms with van der Waals surface area (Å²) in [5, 5.41) is 20.0. The highest BCUT2D eigenvalue weighted by Crippen LogP contribution is 2.43. The monoisotopic (exact) mass is 438 g/mol. The van der Waals surface area contributed by atoms with Crippen molar-refractivity contribution < 1.29 is 31.5 Å². The molecule has 0 saturated carbocycles. The number of hydrogen-bond donors (Lipinski definition) is 1. The molecule has 0 aliphatic rings. The summed E-state index contributed by atoms with van der Waals surface area (Å²) in [6.45, 7) is 0.502. The lowest BCUT2D eigenvalue weighted by Crippen LogP contribution is -2.30. The fourth-order valence-electron chi connectivity index (χ4n) is 3.10. The van der Waals surface area contributed by atoms with Crippen LogP contribution in [0.5, 0.6) is 0 Å². The molecular weight excluding hydrogens is 423 g/mol. The molecule has 3 rings (SSSR count). The minimum atomic E-state index is -4.92. The first kappa shape index (κ1) is 21.5. The second kappa shape index (κ2) is 7.58. The fraction of sp³-hybridized carbons (Fsp3) is 0.158. The van der Waals surface area contributed by atoms with Crippen molar-refractivity contribution in [3.63, 3.8) is 0 Å². The summed E-state index contributed by atoms with van der Waals surface area (Å²) in [6, 6.07) is 11.1. The molecule has 7 nitrogen and oxygen atoms in total. The molecule has 2 aromatic carbocycles. The van der Waals surface area contributed by atoms with Crippen molar-refractivity contribution in [1.82, 2.24) is 9.78 Å². The van der Waals surface area contributed by atoms with E-state index < -0.39 is 34.4 Å². The molecule has 11 heteroatoms. The number of carbonyl (C=O) groups excluding carboxylic acids is 1. The third kappa shape index (κ3) is 4.21. The van der Waals surface area contributed by atoms with Gasteiger partial charge in [0.05, 0.1) is 17.4 Å². The number of nitrogens with two attached hydrogens (primary N) is 1. The highest BCUT2D eigenvalue weighted by atomic mass is 32.2. The summed E-state index contributed by atoms with van der Waals surface area (Å²) in [7, 11) is -4.00. The van der Waals surface area contributed by atoms with Gasteiger partial charge in [-0.15, -0.1) is 0 Å². The van der Waals surface area contributed by atoms with Crippen LogP contribution in [0.25, 0.3) is 22.4 Å². The summed E-state index contributed by atoms with van der Waals surface area (Å²) in [5.41, 5.74) is -0.836. The van der Waals surface area contributed by atoms with E-state index in [2.05, 4.69) is 5.10 Å². The number of primary sulfonamides is 1. The minimum Gasteiger partial charge on any atom is -0.548 e. The maximum Gasteiger partial charge on any atom is 0.433 e. The number of aryl methyl sites for hydroxylation is 1. The largest absolute Gasteiger partial charge is 0.548 e. The van der Waals surface area contributed by atoms with Crippen LogP contribution in [0, 0.1) is 6.92 Å².